The maximum Gasteiger partial charge on any atom is 0.418 e. The molecule has 1 amide bonds. The van der Waals surface area contributed by atoms with Gasteiger partial charge in [0.05, 0.1) is 22.0 Å². The van der Waals surface area contributed by atoms with Gasteiger partial charge in [-0.2, -0.15) is 13.2 Å². The van der Waals surface area contributed by atoms with Gasteiger partial charge in [-0.15, -0.1) is 0 Å². The number of benzene rings is 1. The molecular formula is C17H15F3N4OS. The highest BCUT2D eigenvalue weighted by atomic mass is 32.2. The Labute approximate surface area is 151 Å². The number of carbonyl (C=O) groups is 1. The fourth-order valence-corrected chi connectivity index (χ4v) is 3.30. The zero-order valence-electron chi connectivity index (χ0n) is 13.7. The topological polar surface area (TPSA) is 70.7 Å². The second kappa shape index (κ2) is 7.36. The quantitative estimate of drug-likeness (QED) is 0.640. The normalized spacial score (nSPS) is 12.9. The molecular weight excluding hydrogens is 365 g/mol. The van der Waals surface area contributed by atoms with Gasteiger partial charge >= 0.3 is 6.18 Å². The van der Waals surface area contributed by atoms with Gasteiger partial charge in [-0.1, -0.05) is 30.8 Å². The third-order valence-electron chi connectivity index (χ3n) is 3.64. The molecule has 26 heavy (non-hydrogen) atoms. The fourth-order valence-electron chi connectivity index (χ4n) is 2.39. The molecule has 1 atom stereocenters. The van der Waals surface area contributed by atoms with Crippen molar-refractivity contribution in [3.63, 3.8) is 0 Å². The summed E-state index contributed by atoms with van der Waals surface area (Å²) in [6.45, 7) is 1.79. The molecule has 0 radical (unpaired) electrons. The summed E-state index contributed by atoms with van der Waals surface area (Å²) in [4.78, 5) is 23.9. The van der Waals surface area contributed by atoms with Gasteiger partial charge in [0.1, 0.15) is 0 Å². The molecule has 5 nitrogen and oxygen atoms in total. The largest absolute Gasteiger partial charge is 0.418 e. The van der Waals surface area contributed by atoms with E-state index in [1.54, 1.807) is 25.3 Å². The summed E-state index contributed by atoms with van der Waals surface area (Å²) in [5.41, 5.74) is 0.122. The fraction of sp³-hybridized carbons (Fsp3) is 0.235. The van der Waals surface area contributed by atoms with Crippen LogP contribution in [0, 0.1) is 0 Å². The smallest absolute Gasteiger partial charge is 0.332 e. The number of alkyl halides is 3. The average molecular weight is 380 g/mol. The summed E-state index contributed by atoms with van der Waals surface area (Å²) in [5, 5.41) is 2.28. The Kier molecular flexibility index (Phi) is 5.17. The molecule has 3 aromatic rings. The number of imidazole rings is 1. The second-order valence-corrected chi connectivity index (χ2v) is 6.66. The third-order valence-corrected chi connectivity index (χ3v) is 4.89. The minimum atomic E-state index is -4.54. The highest BCUT2D eigenvalue weighted by Crippen LogP contribution is 2.35. The van der Waals surface area contributed by atoms with Crippen molar-refractivity contribution in [2.24, 2.45) is 0 Å². The molecule has 0 saturated carbocycles. The maximum atomic E-state index is 13.1. The monoisotopic (exact) mass is 380 g/mol. The van der Waals surface area contributed by atoms with Gasteiger partial charge in [0, 0.05) is 6.20 Å². The number of halogens is 3. The van der Waals surface area contributed by atoms with Crippen LogP contribution in [0.15, 0.2) is 47.8 Å². The second-order valence-electron chi connectivity index (χ2n) is 5.46. The molecule has 0 aliphatic heterocycles. The Morgan fingerprint density at radius 1 is 1.27 bits per heavy atom. The van der Waals surface area contributed by atoms with Gasteiger partial charge in [0.15, 0.2) is 10.8 Å². The zero-order chi connectivity index (χ0) is 18.7. The molecule has 0 spiro atoms. The van der Waals surface area contributed by atoms with Crippen LogP contribution in [0.2, 0.25) is 0 Å². The van der Waals surface area contributed by atoms with Crippen molar-refractivity contribution in [3.8, 4) is 0 Å². The third kappa shape index (κ3) is 3.98. The van der Waals surface area contributed by atoms with E-state index in [0.717, 1.165) is 23.3 Å². The number of thioether (sulfide) groups is 1. The van der Waals surface area contributed by atoms with E-state index >= 15 is 0 Å². The highest BCUT2D eigenvalue weighted by molar-refractivity contribution is 8.00. The van der Waals surface area contributed by atoms with Crippen LogP contribution in [0.3, 0.4) is 0 Å². The lowest BCUT2D eigenvalue weighted by molar-refractivity contribution is -0.137. The van der Waals surface area contributed by atoms with Gasteiger partial charge in [-0.3, -0.25) is 4.79 Å². The van der Waals surface area contributed by atoms with Crippen molar-refractivity contribution in [3.05, 3.63) is 48.2 Å². The van der Waals surface area contributed by atoms with Crippen molar-refractivity contribution in [1.82, 2.24) is 15.0 Å². The average Bonchev–Trinajstić information content (AvgIpc) is 3.01. The first-order valence-electron chi connectivity index (χ1n) is 7.83. The minimum absolute atomic E-state index is 0.254. The standard InChI is InChI=1S/C17H15F3N4OS/c1-2-13(26-16-23-12-8-5-9-21-14(12)24-16)15(25)22-11-7-4-3-6-10(11)17(18,19)20/h3-9,13H,2H2,1H3,(H,22,25)(H,21,23,24)/t13-/m1/s1. The molecule has 2 aromatic heterocycles. The lowest BCUT2D eigenvalue weighted by Crippen LogP contribution is -2.26. The molecule has 0 aliphatic rings. The number of rotatable bonds is 5. The van der Waals surface area contributed by atoms with E-state index in [4.69, 9.17) is 0 Å². The Hall–Kier alpha value is -2.55. The summed E-state index contributed by atoms with van der Waals surface area (Å²) in [6.07, 6.45) is -2.51. The summed E-state index contributed by atoms with van der Waals surface area (Å²) in [6, 6.07) is 8.47. The van der Waals surface area contributed by atoms with Crippen LogP contribution in [0.25, 0.3) is 11.2 Å². The Bertz CT molecular complexity index is 893. The van der Waals surface area contributed by atoms with E-state index in [-0.39, 0.29) is 5.69 Å². The molecule has 0 fully saturated rings. The predicted octanol–water partition coefficient (Wildman–Crippen LogP) is 4.49. The Morgan fingerprint density at radius 3 is 2.73 bits per heavy atom. The van der Waals surface area contributed by atoms with Gasteiger partial charge in [-0.05, 0) is 30.7 Å². The van der Waals surface area contributed by atoms with Gasteiger partial charge in [0.2, 0.25) is 5.91 Å². The minimum Gasteiger partial charge on any atom is -0.332 e. The summed E-state index contributed by atoms with van der Waals surface area (Å²) >= 11 is 1.16. The van der Waals surface area contributed by atoms with Crippen molar-refractivity contribution in [2.75, 3.05) is 5.32 Å². The molecule has 0 unspecified atom stereocenters. The first-order valence-corrected chi connectivity index (χ1v) is 8.71. The molecule has 3 rings (SSSR count). The van der Waals surface area contributed by atoms with Crippen LogP contribution >= 0.6 is 11.8 Å². The number of fused-ring (bicyclic) bond motifs is 1. The van der Waals surface area contributed by atoms with Gasteiger partial charge in [0.25, 0.3) is 0 Å². The number of aromatic amines is 1. The predicted molar refractivity (Wildman–Crippen MR) is 93.9 cm³/mol. The van der Waals surface area contributed by atoms with Crippen molar-refractivity contribution < 1.29 is 18.0 Å². The number of carbonyl (C=O) groups excluding carboxylic acids is 1. The molecule has 2 N–H and O–H groups in total. The van der Waals surface area contributed by atoms with Gasteiger partial charge in [-0.25, -0.2) is 9.97 Å². The molecule has 2 heterocycles. The first kappa shape index (κ1) is 18.2. The number of amides is 1. The summed E-state index contributed by atoms with van der Waals surface area (Å²) in [5.74, 6) is -0.511. The number of nitrogens with zero attached hydrogens (tertiary/aromatic N) is 2. The lowest BCUT2D eigenvalue weighted by atomic mass is 10.1. The van der Waals surface area contributed by atoms with E-state index in [1.807, 2.05) is 0 Å². The molecule has 0 saturated heterocycles. The van der Waals surface area contributed by atoms with Crippen LogP contribution in [0.1, 0.15) is 18.9 Å². The number of H-pyrrole nitrogens is 1. The van der Waals surface area contributed by atoms with Crippen molar-refractivity contribution in [2.45, 2.75) is 29.9 Å². The Morgan fingerprint density at radius 2 is 2.04 bits per heavy atom. The van der Waals surface area contributed by atoms with Crippen LogP contribution in [-0.4, -0.2) is 26.1 Å². The Balaban J connectivity index is 1.77. The number of pyridine rings is 1. The number of anilines is 1. The number of para-hydroxylation sites is 1. The lowest BCUT2D eigenvalue weighted by Gasteiger charge is -2.17. The summed E-state index contributed by atoms with van der Waals surface area (Å²) in [7, 11) is 0. The van der Waals surface area contributed by atoms with Crippen molar-refractivity contribution in [1.29, 1.82) is 0 Å². The molecule has 136 valence electrons. The van der Waals surface area contributed by atoms with E-state index < -0.39 is 22.9 Å². The number of hydrogen-bond acceptors (Lipinski definition) is 4. The molecule has 0 bridgehead atoms. The molecule has 0 aliphatic carbocycles. The van der Waals surface area contributed by atoms with E-state index in [0.29, 0.717) is 17.2 Å². The molecule has 1 aromatic carbocycles. The number of hydrogen-bond donors (Lipinski definition) is 2. The van der Waals surface area contributed by atoms with E-state index in [2.05, 4.69) is 20.3 Å². The van der Waals surface area contributed by atoms with E-state index in [9.17, 15) is 18.0 Å². The van der Waals surface area contributed by atoms with E-state index in [1.165, 1.54) is 18.2 Å². The van der Waals surface area contributed by atoms with Crippen LogP contribution in [-0.2, 0) is 11.0 Å². The van der Waals surface area contributed by atoms with Crippen LogP contribution < -0.4 is 5.32 Å². The van der Waals surface area contributed by atoms with Crippen LogP contribution in [0.5, 0.6) is 0 Å². The molecule has 9 heteroatoms. The SMILES string of the molecule is CC[C@@H](Sc1nc2ncccc2[nH]1)C(=O)Nc1ccccc1C(F)(F)F. The zero-order valence-corrected chi connectivity index (χ0v) is 14.5. The maximum absolute atomic E-state index is 13.1. The first-order chi connectivity index (χ1) is 12.4. The van der Waals surface area contributed by atoms with Crippen LogP contribution in [0.4, 0.5) is 18.9 Å². The highest BCUT2D eigenvalue weighted by Gasteiger charge is 2.34. The summed E-state index contributed by atoms with van der Waals surface area (Å²) < 4.78 is 39.2. The number of nitrogens with one attached hydrogen (secondary N) is 2. The van der Waals surface area contributed by atoms with Gasteiger partial charge < -0.3 is 10.3 Å². The van der Waals surface area contributed by atoms with Crippen molar-refractivity contribution >= 4 is 34.5 Å². The number of aromatic nitrogens is 3.